The van der Waals surface area contributed by atoms with E-state index in [0.717, 1.165) is 62.2 Å². The van der Waals surface area contributed by atoms with Crippen LogP contribution in [-0.2, 0) is 6.54 Å². The fourth-order valence-corrected chi connectivity index (χ4v) is 4.92. The Morgan fingerprint density at radius 1 is 0.897 bits per heavy atom. The molecule has 39 heavy (non-hydrogen) atoms. The summed E-state index contributed by atoms with van der Waals surface area (Å²) in [5.74, 6) is 2.43. The van der Waals surface area contributed by atoms with Gasteiger partial charge in [-0.2, -0.15) is 9.97 Å². The molecule has 2 aliphatic rings. The number of rotatable bonds is 11. The topological polar surface area (TPSA) is 143 Å². The number of aromatic nitrogens is 2. The van der Waals surface area contributed by atoms with Crippen LogP contribution < -0.4 is 36.6 Å². The average Bonchev–Trinajstić information content (AvgIpc) is 3.68. The van der Waals surface area contributed by atoms with Gasteiger partial charge < -0.3 is 35.8 Å². The molecule has 4 N–H and O–H groups in total. The van der Waals surface area contributed by atoms with Crippen LogP contribution in [0.4, 0.5) is 39.4 Å². The lowest BCUT2D eigenvalue weighted by atomic mass is 10.1. The average molecular weight is 535 g/mol. The van der Waals surface area contributed by atoms with Crippen LogP contribution in [0, 0.1) is 0 Å². The molecule has 12 heteroatoms. The second kappa shape index (κ2) is 11.6. The summed E-state index contributed by atoms with van der Waals surface area (Å²) >= 11 is 0. The van der Waals surface area contributed by atoms with Gasteiger partial charge in [0.1, 0.15) is 23.0 Å². The van der Waals surface area contributed by atoms with E-state index < -0.39 is 17.0 Å². The zero-order valence-corrected chi connectivity index (χ0v) is 22.1. The minimum absolute atomic E-state index is 0.227. The Bertz CT molecular complexity index is 1340. The number of amides is 1. The number of benzene rings is 1. The van der Waals surface area contributed by atoms with Crippen molar-refractivity contribution in [3.63, 3.8) is 0 Å². The van der Waals surface area contributed by atoms with Gasteiger partial charge in [-0.15, -0.1) is 0 Å². The van der Waals surface area contributed by atoms with Crippen molar-refractivity contribution in [3.8, 4) is 0 Å². The molecule has 0 saturated carbocycles. The number of carboxylic acid groups (broad SMARTS) is 1. The molecule has 0 bridgehead atoms. The van der Waals surface area contributed by atoms with Crippen molar-refractivity contribution in [1.29, 1.82) is 0 Å². The number of anilines is 6. The highest BCUT2D eigenvalue weighted by molar-refractivity contribution is 5.78. The van der Waals surface area contributed by atoms with Crippen LogP contribution in [-0.4, -0.2) is 72.4 Å². The molecule has 0 spiro atoms. The van der Waals surface area contributed by atoms with Crippen LogP contribution in [0.1, 0.15) is 31.2 Å². The number of nitrogens with one attached hydrogen (secondary N) is 3. The summed E-state index contributed by atoms with van der Waals surface area (Å²) in [5.41, 5.74) is 0.813. The summed E-state index contributed by atoms with van der Waals surface area (Å²) in [6.45, 7) is 5.10. The SMILES string of the molecule is CN(Cc1ccc(Nc2c(NCCNc3cc(N4CCCC4)nc(N4CCCC4)n3)c(=O)c2=O)cc1)C(=O)O. The van der Waals surface area contributed by atoms with Crippen LogP contribution in [0.25, 0.3) is 0 Å². The standard InChI is InChI=1S/C27H34N8O4/c1-33(27(38)39)17-18-6-8-19(9-7-18)30-23-22(24(36)25(23)37)29-11-10-28-20-16-21(34-12-2-3-13-34)32-26(31-20)35-14-4-5-15-35/h6-9,16,29-30H,2-5,10-15,17H2,1H3,(H,38,39)(H,28,31,32). The number of hydrogen-bond donors (Lipinski definition) is 4. The van der Waals surface area contributed by atoms with E-state index in [1.165, 1.54) is 24.8 Å². The Morgan fingerprint density at radius 3 is 2.18 bits per heavy atom. The molecule has 2 fully saturated rings. The van der Waals surface area contributed by atoms with E-state index in [1.807, 2.05) is 6.07 Å². The maximum Gasteiger partial charge on any atom is 0.407 e. The van der Waals surface area contributed by atoms with E-state index in [4.69, 9.17) is 15.1 Å². The molecule has 12 nitrogen and oxygen atoms in total. The lowest BCUT2D eigenvalue weighted by Gasteiger charge is -2.22. The van der Waals surface area contributed by atoms with E-state index in [9.17, 15) is 14.4 Å². The number of nitrogens with zero attached hydrogens (tertiary/aromatic N) is 5. The quantitative estimate of drug-likeness (QED) is 0.213. The van der Waals surface area contributed by atoms with Crippen molar-refractivity contribution < 1.29 is 9.90 Å². The molecular weight excluding hydrogens is 500 g/mol. The van der Waals surface area contributed by atoms with Gasteiger partial charge in [-0.1, -0.05) is 12.1 Å². The molecule has 0 unspecified atom stereocenters. The molecule has 5 rings (SSSR count). The Labute approximate surface area is 226 Å². The second-order valence-corrected chi connectivity index (χ2v) is 10.0. The molecule has 0 aliphatic carbocycles. The molecule has 0 radical (unpaired) electrons. The van der Waals surface area contributed by atoms with Crippen LogP contribution in [0.5, 0.6) is 0 Å². The van der Waals surface area contributed by atoms with Crippen LogP contribution in [0.2, 0.25) is 0 Å². The van der Waals surface area contributed by atoms with Crippen molar-refractivity contribution in [2.75, 3.05) is 72.1 Å². The predicted octanol–water partition coefficient (Wildman–Crippen LogP) is 2.65. The Hall–Kier alpha value is -4.35. The summed E-state index contributed by atoms with van der Waals surface area (Å²) in [6.07, 6.45) is 3.62. The third-order valence-electron chi connectivity index (χ3n) is 7.13. The third-order valence-corrected chi connectivity index (χ3v) is 7.13. The van der Waals surface area contributed by atoms with Gasteiger partial charge in [0, 0.05) is 64.6 Å². The first-order valence-corrected chi connectivity index (χ1v) is 13.4. The Balaban J connectivity index is 1.18. The zero-order chi connectivity index (χ0) is 27.4. The molecule has 0 atom stereocenters. The lowest BCUT2D eigenvalue weighted by molar-refractivity contribution is 0.154. The van der Waals surface area contributed by atoms with Crippen molar-refractivity contribution >= 4 is 40.7 Å². The normalized spacial score (nSPS) is 15.1. The molecule has 2 saturated heterocycles. The van der Waals surface area contributed by atoms with Crippen LogP contribution in [0.15, 0.2) is 39.9 Å². The summed E-state index contributed by atoms with van der Waals surface area (Å²) in [7, 11) is 1.49. The minimum atomic E-state index is -1.01. The van der Waals surface area contributed by atoms with Gasteiger partial charge in [0.25, 0.3) is 10.9 Å². The van der Waals surface area contributed by atoms with Crippen LogP contribution >= 0.6 is 0 Å². The fraction of sp³-hybridized carbons (Fsp3) is 0.444. The Kier molecular flexibility index (Phi) is 7.80. The summed E-state index contributed by atoms with van der Waals surface area (Å²) in [4.78, 5) is 50.7. The highest BCUT2D eigenvalue weighted by Crippen LogP contribution is 2.26. The smallest absolute Gasteiger partial charge is 0.407 e. The molecule has 3 heterocycles. The van der Waals surface area contributed by atoms with E-state index in [2.05, 4.69) is 25.8 Å². The molecule has 2 aliphatic heterocycles. The molecule has 1 amide bonds. The van der Waals surface area contributed by atoms with Crippen LogP contribution in [0.3, 0.4) is 0 Å². The largest absolute Gasteiger partial charge is 0.465 e. The molecular formula is C27H34N8O4. The van der Waals surface area contributed by atoms with Gasteiger partial charge in [0.15, 0.2) is 0 Å². The number of hydrogen-bond acceptors (Lipinski definition) is 10. The van der Waals surface area contributed by atoms with Crippen molar-refractivity contribution in [3.05, 3.63) is 56.3 Å². The summed E-state index contributed by atoms with van der Waals surface area (Å²) in [5, 5.41) is 18.5. The highest BCUT2D eigenvalue weighted by atomic mass is 16.4. The maximum absolute atomic E-state index is 12.2. The van der Waals surface area contributed by atoms with Crippen molar-refractivity contribution in [2.45, 2.75) is 32.2 Å². The van der Waals surface area contributed by atoms with Gasteiger partial charge in [0.2, 0.25) is 5.95 Å². The molecule has 1 aromatic heterocycles. The van der Waals surface area contributed by atoms with Gasteiger partial charge in [-0.25, -0.2) is 4.79 Å². The fourth-order valence-electron chi connectivity index (χ4n) is 4.92. The van der Waals surface area contributed by atoms with Gasteiger partial charge in [-0.05, 0) is 43.4 Å². The molecule has 206 valence electrons. The predicted molar refractivity (Wildman–Crippen MR) is 152 cm³/mol. The van der Waals surface area contributed by atoms with E-state index >= 15 is 0 Å². The maximum atomic E-state index is 12.2. The van der Waals surface area contributed by atoms with Gasteiger partial charge >= 0.3 is 6.09 Å². The third kappa shape index (κ3) is 6.05. The Morgan fingerprint density at radius 2 is 1.51 bits per heavy atom. The summed E-state index contributed by atoms with van der Waals surface area (Å²) < 4.78 is 0. The van der Waals surface area contributed by atoms with E-state index in [-0.39, 0.29) is 17.9 Å². The van der Waals surface area contributed by atoms with E-state index in [1.54, 1.807) is 24.3 Å². The zero-order valence-electron chi connectivity index (χ0n) is 22.1. The molecule has 3 aromatic rings. The molecule has 2 aromatic carbocycles. The first-order chi connectivity index (χ1) is 18.9. The monoisotopic (exact) mass is 534 g/mol. The number of carbonyl (C=O) groups is 1. The first-order valence-electron chi connectivity index (χ1n) is 13.4. The van der Waals surface area contributed by atoms with Crippen molar-refractivity contribution in [2.24, 2.45) is 0 Å². The van der Waals surface area contributed by atoms with E-state index in [0.29, 0.717) is 18.8 Å². The minimum Gasteiger partial charge on any atom is -0.465 e. The second-order valence-electron chi connectivity index (χ2n) is 10.0. The van der Waals surface area contributed by atoms with Gasteiger partial charge in [-0.3, -0.25) is 9.59 Å². The highest BCUT2D eigenvalue weighted by Gasteiger charge is 2.22. The lowest BCUT2D eigenvalue weighted by Crippen LogP contribution is -2.37. The summed E-state index contributed by atoms with van der Waals surface area (Å²) in [6, 6.07) is 9.03. The van der Waals surface area contributed by atoms with Crippen molar-refractivity contribution in [1.82, 2.24) is 14.9 Å². The first kappa shape index (κ1) is 26.3. The van der Waals surface area contributed by atoms with Gasteiger partial charge in [0.05, 0.1) is 0 Å².